The predicted octanol–water partition coefficient (Wildman–Crippen LogP) is 3.67. The molecule has 2 rings (SSSR count). The highest BCUT2D eigenvalue weighted by molar-refractivity contribution is 8.75. The van der Waals surface area contributed by atoms with Crippen molar-refractivity contribution in [3.63, 3.8) is 0 Å². The topological polar surface area (TPSA) is 62.2 Å². The normalized spacial score (nSPS) is 18.3. The van der Waals surface area contributed by atoms with Gasteiger partial charge in [0, 0.05) is 30.0 Å². The van der Waals surface area contributed by atoms with E-state index in [1.807, 2.05) is 30.3 Å². The number of carbonyl (C=O) groups is 2. The molecule has 0 N–H and O–H groups in total. The summed E-state index contributed by atoms with van der Waals surface area (Å²) in [6.07, 6.45) is -0.600. The lowest BCUT2D eigenvalue weighted by atomic mass is 10.2. The van der Waals surface area contributed by atoms with Gasteiger partial charge in [0.1, 0.15) is 0 Å². The van der Waals surface area contributed by atoms with E-state index in [2.05, 4.69) is 5.16 Å². The summed E-state index contributed by atoms with van der Waals surface area (Å²) >= 11 is 1.27. The molecule has 124 valence electrons. The maximum absolute atomic E-state index is 11.9. The van der Waals surface area contributed by atoms with Crippen molar-refractivity contribution in [1.29, 1.82) is 0 Å². The van der Waals surface area contributed by atoms with E-state index in [9.17, 15) is 9.59 Å². The van der Waals surface area contributed by atoms with E-state index in [1.54, 1.807) is 27.9 Å². The second kappa shape index (κ2) is 7.50. The summed E-state index contributed by atoms with van der Waals surface area (Å²) in [6, 6.07) is 9.70. The Kier molecular flexibility index (Phi) is 5.88. The molecule has 9 heteroatoms. The Hall–Kier alpha value is -1.32. The van der Waals surface area contributed by atoms with E-state index in [0.717, 1.165) is 4.90 Å². The van der Waals surface area contributed by atoms with Crippen molar-refractivity contribution >= 4 is 50.7 Å². The van der Waals surface area contributed by atoms with Crippen molar-refractivity contribution in [2.45, 2.75) is 23.5 Å². The number of hydrogen-bond acceptors (Lipinski definition) is 7. The molecule has 1 saturated heterocycles. The summed E-state index contributed by atoms with van der Waals surface area (Å²) in [7, 11) is 5.89. The molecule has 0 bridgehead atoms. The van der Waals surface area contributed by atoms with Crippen molar-refractivity contribution < 1.29 is 14.4 Å². The molecule has 0 radical (unpaired) electrons. The van der Waals surface area contributed by atoms with Crippen LogP contribution in [0, 0.1) is 0 Å². The number of nitrogens with zero attached hydrogens (tertiary/aromatic N) is 3. The molecular formula is C14H17N3O3S3. The first kappa shape index (κ1) is 18.0. The van der Waals surface area contributed by atoms with Crippen LogP contribution in [0.1, 0.15) is 13.8 Å². The third-order valence-corrected chi connectivity index (χ3v) is 6.50. The van der Waals surface area contributed by atoms with Crippen LogP contribution in [0.25, 0.3) is 0 Å². The number of rotatable bonds is 4. The molecule has 1 aliphatic rings. The highest BCUT2D eigenvalue weighted by Crippen LogP contribution is 2.36. The first-order valence-corrected chi connectivity index (χ1v) is 9.63. The van der Waals surface area contributed by atoms with Gasteiger partial charge in [0.2, 0.25) is 11.1 Å². The first-order chi connectivity index (χ1) is 10.8. The largest absolute Gasteiger partial charge is 0.446 e. The minimum absolute atomic E-state index is 0.0698. The fourth-order valence-electron chi connectivity index (χ4n) is 1.65. The summed E-state index contributed by atoms with van der Waals surface area (Å²) < 4.78 is 0.748. The number of amides is 2. The average Bonchev–Trinajstić information content (AvgIpc) is 2.74. The van der Waals surface area contributed by atoms with Gasteiger partial charge in [0.15, 0.2) is 0 Å². The Balaban J connectivity index is 1.87. The third-order valence-electron chi connectivity index (χ3n) is 2.90. The smallest absolute Gasteiger partial charge is 0.295 e. The number of hydrogen-bond donors (Lipinski definition) is 0. The molecule has 1 aromatic rings. The fourth-order valence-corrected chi connectivity index (χ4v) is 4.30. The standard InChI is InChI=1S/C14H17N3O3S3/c1-14(2)11(18)16(3)12(21-14)15-20-13(19)17(4)23-22-10-8-6-5-7-9-10/h5-9H,1-4H3. The van der Waals surface area contributed by atoms with Gasteiger partial charge in [-0.25, -0.2) is 9.10 Å². The Morgan fingerprint density at radius 2 is 2.00 bits per heavy atom. The molecule has 0 atom stereocenters. The molecule has 0 spiro atoms. The summed E-state index contributed by atoms with van der Waals surface area (Å²) in [5, 5.41) is 4.17. The summed E-state index contributed by atoms with van der Waals surface area (Å²) in [5.41, 5.74) is 0. The molecule has 0 saturated carbocycles. The number of benzene rings is 1. The van der Waals surface area contributed by atoms with Crippen molar-refractivity contribution in [3.05, 3.63) is 30.3 Å². The lowest BCUT2D eigenvalue weighted by Gasteiger charge is -2.13. The molecule has 0 aliphatic carbocycles. The highest BCUT2D eigenvalue weighted by atomic mass is 33.1. The number of carbonyl (C=O) groups excluding carboxylic acids is 2. The third kappa shape index (κ3) is 4.58. The highest BCUT2D eigenvalue weighted by Gasteiger charge is 2.43. The van der Waals surface area contributed by atoms with E-state index >= 15 is 0 Å². The zero-order valence-corrected chi connectivity index (χ0v) is 15.6. The maximum Gasteiger partial charge on any atom is 0.446 e. The summed E-state index contributed by atoms with van der Waals surface area (Å²) in [5.74, 6) is -0.0698. The Morgan fingerprint density at radius 3 is 2.57 bits per heavy atom. The summed E-state index contributed by atoms with van der Waals surface area (Å²) in [4.78, 5) is 31.2. The van der Waals surface area contributed by atoms with Crippen LogP contribution in [0.5, 0.6) is 0 Å². The first-order valence-electron chi connectivity index (χ1n) is 6.71. The summed E-state index contributed by atoms with van der Waals surface area (Å²) in [6.45, 7) is 3.61. The SMILES string of the molecule is CN(SSc1ccccc1)C(=O)ON=C1SC(C)(C)C(=O)N1C. The van der Waals surface area contributed by atoms with Crippen LogP contribution in [0.4, 0.5) is 4.79 Å². The van der Waals surface area contributed by atoms with Crippen LogP contribution in [0.2, 0.25) is 0 Å². The number of oxime groups is 1. The number of amidine groups is 1. The average molecular weight is 372 g/mol. The minimum atomic E-state index is -0.600. The second-order valence-corrected chi connectivity index (χ2v) is 9.05. The van der Waals surface area contributed by atoms with Crippen molar-refractivity contribution in [3.8, 4) is 0 Å². The lowest BCUT2D eigenvalue weighted by Crippen LogP contribution is -2.33. The van der Waals surface area contributed by atoms with Crippen molar-refractivity contribution in [1.82, 2.24) is 9.21 Å². The number of thioether (sulfide) groups is 1. The quantitative estimate of drug-likeness (QED) is 0.348. The predicted molar refractivity (Wildman–Crippen MR) is 96.0 cm³/mol. The maximum atomic E-state index is 11.9. The van der Waals surface area contributed by atoms with Gasteiger partial charge < -0.3 is 0 Å². The fraction of sp³-hybridized carbons (Fsp3) is 0.357. The van der Waals surface area contributed by atoms with Gasteiger partial charge in [-0.2, -0.15) is 0 Å². The van der Waals surface area contributed by atoms with Gasteiger partial charge in [0.25, 0.3) is 0 Å². The molecule has 6 nitrogen and oxygen atoms in total. The van der Waals surface area contributed by atoms with E-state index in [0.29, 0.717) is 5.17 Å². The van der Waals surface area contributed by atoms with Crippen LogP contribution in [-0.2, 0) is 9.63 Å². The van der Waals surface area contributed by atoms with E-state index < -0.39 is 10.8 Å². The van der Waals surface area contributed by atoms with Crippen LogP contribution in [-0.4, -0.2) is 45.2 Å². The van der Waals surface area contributed by atoms with Gasteiger partial charge >= 0.3 is 6.09 Å². The monoisotopic (exact) mass is 371 g/mol. The second-order valence-electron chi connectivity index (χ2n) is 5.18. The van der Waals surface area contributed by atoms with Crippen LogP contribution in [0.3, 0.4) is 0 Å². The van der Waals surface area contributed by atoms with E-state index in [-0.39, 0.29) is 5.91 Å². The van der Waals surface area contributed by atoms with Gasteiger partial charge in [-0.15, -0.1) is 0 Å². The van der Waals surface area contributed by atoms with Gasteiger partial charge in [-0.3, -0.25) is 14.5 Å². The Bertz CT molecular complexity index is 622. The molecule has 0 unspecified atom stereocenters. The lowest BCUT2D eigenvalue weighted by molar-refractivity contribution is -0.127. The minimum Gasteiger partial charge on any atom is -0.295 e. The van der Waals surface area contributed by atoms with Crippen LogP contribution < -0.4 is 0 Å². The molecule has 1 fully saturated rings. The van der Waals surface area contributed by atoms with Gasteiger partial charge in [0.05, 0.1) is 4.75 Å². The molecular weight excluding hydrogens is 354 g/mol. The molecule has 1 aliphatic heterocycles. The van der Waals surface area contributed by atoms with E-state index in [1.165, 1.54) is 42.7 Å². The Labute approximate surface area is 147 Å². The van der Waals surface area contributed by atoms with Crippen LogP contribution in [0.15, 0.2) is 40.4 Å². The molecule has 0 aromatic heterocycles. The Morgan fingerprint density at radius 1 is 1.35 bits per heavy atom. The zero-order valence-electron chi connectivity index (χ0n) is 13.2. The van der Waals surface area contributed by atoms with Gasteiger partial charge in [-0.1, -0.05) is 30.0 Å². The molecule has 1 heterocycles. The zero-order chi connectivity index (χ0) is 17.0. The van der Waals surface area contributed by atoms with Crippen molar-refractivity contribution in [2.24, 2.45) is 5.16 Å². The van der Waals surface area contributed by atoms with Crippen LogP contribution >= 0.6 is 33.5 Å². The molecule has 1 aromatic carbocycles. The molecule has 23 heavy (non-hydrogen) atoms. The van der Waals surface area contributed by atoms with Crippen molar-refractivity contribution in [2.75, 3.05) is 14.1 Å². The van der Waals surface area contributed by atoms with E-state index in [4.69, 9.17) is 4.84 Å². The van der Waals surface area contributed by atoms with Gasteiger partial charge in [-0.05, 0) is 41.9 Å². The molecule has 2 amide bonds.